The molecule has 10 heteroatoms. The summed E-state index contributed by atoms with van der Waals surface area (Å²) in [7, 11) is -4.17. The molecule has 1 aliphatic heterocycles. The first kappa shape index (κ1) is 23.2. The Balaban J connectivity index is 1.74. The summed E-state index contributed by atoms with van der Waals surface area (Å²) >= 11 is 6.13. The summed E-state index contributed by atoms with van der Waals surface area (Å²) in [6.07, 6.45) is 1.17. The molecule has 4 rings (SSSR count). The predicted octanol–water partition coefficient (Wildman–Crippen LogP) is 4.08. The van der Waals surface area contributed by atoms with Crippen molar-refractivity contribution < 1.29 is 27.0 Å². The van der Waals surface area contributed by atoms with E-state index in [1.165, 1.54) is 36.4 Å². The van der Waals surface area contributed by atoms with Crippen LogP contribution in [-0.4, -0.2) is 26.3 Å². The Morgan fingerprint density at radius 1 is 0.912 bits per heavy atom. The average molecular weight is 497 g/mol. The maximum atomic E-state index is 13.2. The molecule has 0 atom stereocenters. The van der Waals surface area contributed by atoms with Crippen LogP contribution in [0.1, 0.15) is 11.1 Å². The van der Waals surface area contributed by atoms with Crippen molar-refractivity contribution >= 4 is 51.3 Å². The van der Waals surface area contributed by atoms with Crippen molar-refractivity contribution in [3.63, 3.8) is 0 Å². The number of barbiturate groups is 1. The number of benzene rings is 3. The van der Waals surface area contributed by atoms with Crippen LogP contribution in [0.4, 0.5) is 10.5 Å². The third-order valence-corrected chi connectivity index (χ3v) is 6.69. The second kappa shape index (κ2) is 9.12. The normalized spacial score (nSPS) is 15.4. The number of nitrogens with one attached hydrogen (secondary N) is 1. The van der Waals surface area contributed by atoms with E-state index >= 15 is 0 Å². The van der Waals surface area contributed by atoms with E-state index < -0.39 is 28.0 Å². The lowest BCUT2D eigenvalue weighted by atomic mass is 10.1. The van der Waals surface area contributed by atoms with Crippen molar-refractivity contribution in [3.8, 4) is 5.75 Å². The Morgan fingerprint density at radius 3 is 2.32 bits per heavy atom. The van der Waals surface area contributed by atoms with Crippen LogP contribution in [0.2, 0.25) is 5.02 Å². The van der Waals surface area contributed by atoms with Gasteiger partial charge < -0.3 is 4.18 Å². The minimum absolute atomic E-state index is 0.0582. The summed E-state index contributed by atoms with van der Waals surface area (Å²) in [4.78, 5) is 39.0. The molecule has 1 heterocycles. The molecule has 1 saturated heterocycles. The number of urea groups is 1. The van der Waals surface area contributed by atoms with Gasteiger partial charge in [-0.1, -0.05) is 54.1 Å². The third kappa shape index (κ3) is 4.43. The van der Waals surface area contributed by atoms with Crippen LogP contribution in [0.15, 0.2) is 83.3 Å². The minimum atomic E-state index is -4.17. The van der Waals surface area contributed by atoms with Gasteiger partial charge in [-0.25, -0.2) is 9.69 Å². The maximum absolute atomic E-state index is 13.2. The molecule has 0 spiro atoms. The lowest BCUT2D eigenvalue weighted by Gasteiger charge is -2.27. The molecule has 172 valence electrons. The smallest absolute Gasteiger partial charge is 0.339 e. The zero-order valence-electron chi connectivity index (χ0n) is 17.7. The number of rotatable bonds is 5. The number of anilines is 1. The molecule has 0 aromatic heterocycles. The number of hydrogen-bond acceptors (Lipinski definition) is 6. The summed E-state index contributed by atoms with van der Waals surface area (Å²) in [5.74, 6) is -1.91. The van der Waals surface area contributed by atoms with Crippen molar-refractivity contribution in [1.29, 1.82) is 0 Å². The quantitative estimate of drug-likeness (QED) is 0.324. The van der Waals surface area contributed by atoms with Crippen molar-refractivity contribution in [2.24, 2.45) is 0 Å². The van der Waals surface area contributed by atoms with E-state index in [0.717, 1.165) is 4.90 Å². The van der Waals surface area contributed by atoms with E-state index in [-0.39, 0.29) is 27.5 Å². The van der Waals surface area contributed by atoms with Crippen LogP contribution < -0.4 is 14.4 Å². The second-order valence-corrected chi connectivity index (χ2v) is 9.18. The number of carbonyl (C=O) groups is 3. The number of halogens is 1. The lowest BCUT2D eigenvalue weighted by Crippen LogP contribution is -2.54. The van der Waals surface area contributed by atoms with Crippen molar-refractivity contribution in [2.45, 2.75) is 11.8 Å². The first-order valence-corrected chi connectivity index (χ1v) is 11.7. The number of hydrogen-bond donors (Lipinski definition) is 1. The Bertz CT molecular complexity index is 1450. The highest BCUT2D eigenvalue weighted by Gasteiger charge is 2.38. The highest BCUT2D eigenvalue weighted by atomic mass is 35.5. The highest BCUT2D eigenvalue weighted by Crippen LogP contribution is 2.31. The monoisotopic (exact) mass is 496 g/mol. The SMILES string of the molecule is Cc1c(Cl)cccc1N1C(=O)NC(=O)/C(=C\c2ccccc2OS(=O)(=O)c2ccccc2)C1=O. The third-order valence-electron chi connectivity index (χ3n) is 5.03. The topological polar surface area (TPSA) is 110 Å². The fourth-order valence-electron chi connectivity index (χ4n) is 3.30. The zero-order valence-corrected chi connectivity index (χ0v) is 19.3. The molecule has 4 amide bonds. The summed E-state index contributed by atoms with van der Waals surface area (Å²) in [6, 6.07) is 17.3. The summed E-state index contributed by atoms with van der Waals surface area (Å²) in [5.41, 5.74) is 0.452. The van der Waals surface area contributed by atoms with E-state index in [2.05, 4.69) is 5.32 Å². The minimum Gasteiger partial charge on any atom is -0.378 e. The number of para-hydroxylation sites is 1. The van der Waals surface area contributed by atoms with E-state index in [0.29, 0.717) is 10.6 Å². The maximum Gasteiger partial charge on any atom is 0.339 e. The Hall–Kier alpha value is -3.95. The molecule has 0 saturated carbocycles. The van der Waals surface area contributed by atoms with Gasteiger partial charge in [0.1, 0.15) is 16.2 Å². The average Bonchev–Trinajstić information content (AvgIpc) is 2.80. The fourth-order valence-corrected chi connectivity index (χ4v) is 4.44. The van der Waals surface area contributed by atoms with Gasteiger partial charge >= 0.3 is 16.1 Å². The molecule has 3 aromatic rings. The van der Waals surface area contributed by atoms with Gasteiger partial charge in [-0.15, -0.1) is 0 Å². The summed E-state index contributed by atoms with van der Waals surface area (Å²) in [6.45, 7) is 1.63. The fraction of sp³-hybridized carbons (Fsp3) is 0.0417. The van der Waals surface area contributed by atoms with Gasteiger partial charge in [-0.3, -0.25) is 14.9 Å². The Morgan fingerprint density at radius 2 is 1.59 bits per heavy atom. The van der Waals surface area contributed by atoms with Gasteiger partial charge in [0, 0.05) is 10.6 Å². The van der Waals surface area contributed by atoms with Crippen LogP contribution in [0.5, 0.6) is 5.75 Å². The molecule has 0 bridgehead atoms. The lowest BCUT2D eigenvalue weighted by molar-refractivity contribution is -0.122. The first-order chi connectivity index (χ1) is 16.2. The summed E-state index contributed by atoms with van der Waals surface area (Å²) in [5, 5.41) is 2.46. The molecule has 0 radical (unpaired) electrons. The van der Waals surface area contributed by atoms with Crippen LogP contribution in [0.3, 0.4) is 0 Å². The van der Waals surface area contributed by atoms with Gasteiger partial charge in [-0.2, -0.15) is 8.42 Å². The van der Waals surface area contributed by atoms with Gasteiger partial charge in [-0.05, 0) is 48.9 Å². The molecule has 34 heavy (non-hydrogen) atoms. The largest absolute Gasteiger partial charge is 0.378 e. The predicted molar refractivity (Wildman–Crippen MR) is 126 cm³/mol. The van der Waals surface area contributed by atoms with Gasteiger partial charge in [0.2, 0.25) is 0 Å². The van der Waals surface area contributed by atoms with Gasteiger partial charge in [0.05, 0.1) is 5.69 Å². The molecule has 1 fully saturated rings. The Labute approximate surface area is 200 Å². The van der Waals surface area contributed by atoms with E-state index in [1.54, 1.807) is 49.4 Å². The molecule has 0 unspecified atom stereocenters. The van der Waals surface area contributed by atoms with Crippen LogP contribution in [0, 0.1) is 6.92 Å². The zero-order chi connectivity index (χ0) is 24.5. The van der Waals surface area contributed by atoms with Crippen molar-refractivity contribution in [3.05, 3.63) is 94.5 Å². The van der Waals surface area contributed by atoms with E-state index in [1.807, 2.05) is 0 Å². The van der Waals surface area contributed by atoms with E-state index in [9.17, 15) is 22.8 Å². The molecule has 8 nitrogen and oxygen atoms in total. The number of nitrogens with zero attached hydrogens (tertiary/aromatic N) is 1. The van der Waals surface area contributed by atoms with Gasteiger partial charge in [0.15, 0.2) is 0 Å². The van der Waals surface area contributed by atoms with Crippen LogP contribution in [-0.2, 0) is 19.7 Å². The van der Waals surface area contributed by atoms with Crippen molar-refractivity contribution in [1.82, 2.24) is 5.32 Å². The summed E-state index contributed by atoms with van der Waals surface area (Å²) < 4.78 is 30.6. The van der Waals surface area contributed by atoms with Crippen molar-refractivity contribution in [2.75, 3.05) is 4.90 Å². The molecular formula is C24H17ClN2O6S. The number of imide groups is 2. The van der Waals surface area contributed by atoms with Crippen LogP contribution in [0.25, 0.3) is 6.08 Å². The molecule has 1 aliphatic rings. The van der Waals surface area contributed by atoms with Gasteiger partial charge in [0.25, 0.3) is 11.8 Å². The molecule has 0 aliphatic carbocycles. The molecule has 3 aromatic carbocycles. The van der Waals surface area contributed by atoms with Crippen LogP contribution >= 0.6 is 11.6 Å². The Kier molecular flexibility index (Phi) is 6.23. The molecule has 1 N–H and O–H groups in total. The standard InChI is InChI=1S/C24H17ClN2O6S/c1-15-19(25)11-7-12-20(15)27-23(29)18(22(28)26-24(27)30)14-16-8-5-6-13-21(16)33-34(31,32)17-9-3-2-4-10-17/h2-14H,1H3,(H,26,28,30)/b18-14+. The first-order valence-electron chi connectivity index (χ1n) is 9.94. The number of carbonyl (C=O) groups excluding carboxylic acids is 3. The number of amides is 4. The molecular weight excluding hydrogens is 480 g/mol. The highest BCUT2D eigenvalue weighted by molar-refractivity contribution is 7.87. The van der Waals surface area contributed by atoms with E-state index in [4.69, 9.17) is 15.8 Å². The second-order valence-electron chi connectivity index (χ2n) is 7.23.